The van der Waals surface area contributed by atoms with Gasteiger partial charge >= 0.3 is 0 Å². The first-order chi connectivity index (χ1) is 12.7. The van der Waals surface area contributed by atoms with Gasteiger partial charge in [-0.1, -0.05) is 0 Å². The topological polar surface area (TPSA) is 135 Å². The molecule has 0 amide bonds. The Bertz CT molecular complexity index is 907. The van der Waals surface area contributed by atoms with Gasteiger partial charge in [0.05, 0.1) is 25.6 Å². The highest BCUT2D eigenvalue weighted by Crippen LogP contribution is 2.38. The van der Waals surface area contributed by atoms with Crippen LogP contribution < -0.4 is 26.3 Å². The molecule has 0 saturated heterocycles. The zero-order valence-electron chi connectivity index (χ0n) is 15.7. The minimum atomic E-state index is 0.00393. The predicted molar refractivity (Wildman–Crippen MR) is 108 cm³/mol. The molecule has 0 aliphatic rings. The van der Waals surface area contributed by atoms with E-state index in [0.29, 0.717) is 40.0 Å². The molecule has 0 aliphatic carbocycles. The first-order valence-electron chi connectivity index (χ1n) is 8.08. The van der Waals surface area contributed by atoms with Crippen molar-refractivity contribution in [2.75, 3.05) is 31.0 Å². The molecule has 0 radical (unpaired) electrons. The minimum Gasteiger partial charge on any atom is -0.508 e. The third-order valence-electron chi connectivity index (χ3n) is 3.68. The Morgan fingerprint density at radius 1 is 0.963 bits per heavy atom. The van der Waals surface area contributed by atoms with E-state index in [4.69, 9.17) is 20.9 Å². The van der Waals surface area contributed by atoms with Crippen LogP contribution in [-0.2, 0) is 0 Å². The van der Waals surface area contributed by atoms with E-state index in [9.17, 15) is 10.2 Å². The summed E-state index contributed by atoms with van der Waals surface area (Å²) in [5.41, 5.74) is 14.9. The molecule has 8 heteroatoms. The molecule has 8 nitrogen and oxygen atoms in total. The van der Waals surface area contributed by atoms with E-state index < -0.39 is 0 Å². The number of rotatable bonds is 6. The first kappa shape index (κ1) is 19.8. The molecule has 27 heavy (non-hydrogen) atoms. The fraction of sp³-hybridized carbons (Fsp3) is 0.211. The second kappa shape index (κ2) is 8.22. The molecule has 2 rings (SSSR count). The van der Waals surface area contributed by atoms with Crippen molar-refractivity contribution in [1.82, 2.24) is 0 Å². The molecule has 0 atom stereocenters. The molecule has 7 N–H and O–H groups in total. The highest BCUT2D eigenvalue weighted by Gasteiger charge is 2.11. The number of nitrogens with one attached hydrogen (secondary N) is 1. The van der Waals surface area contributed by atoms with Crippen molar-refractivity contribution >= 4 is 28.5 Å². The molecule has 2 aromatic rings. The highest BCUT2D eigenvalue weighted by molar-refractivity contribution is 5.97. The van der Waals surface area contributed by atoms with Gasteiger partial charge in [0.1, 0.15) is 34.4 Å². The summed E-state index contributed by atoms with van der Waals surface area (Å²) in [5.74, 6) is 0.808. The Balaban J connectivity index is 2.33. The number of phenols is 2. The summed E-state index contributed by atoms with van der Waals surface area (Å²) in [5, 5.41) is 22.4. The molecule has 2 aromatic carbocycles. The molecule has 0 aromatic heterocycles. The maximum Gasteiger partial charge on any atom is 0.150 e. The van der Waals surface area contributed by atoms with Gasteiger partial charge in [0, 0.05) is 35.7 Å². The lowest BCUT2D eigenvalue weighted by atomic mass is 10.2. The number of anilines is 3. The van der Waals surface area contributed by atoms with Crippen molar-refractivity contribution in [1.29, 1.82) is 0 Å². The molecule has 0 unspecified atom stereocenters. The summed E-state index contributed by atoms with van der Waals surface area (Å²) in [4.78, 5) is 4.47. The van der Waals surface area contributed by atoms with Crippen LogP contribution in [0.5, 0.6) is 23.0 Å². The van der Waals surface area contributed by atoms with Crippen LogP contribution in [0.15, 0.2) is 41.0 Å². The van der Waals surface area contributed by atoms with Gasteiger partial charge in [-0.3, -0.25) is 0 Å². The highest BCUT2D eigenvalue weighted by atomic mass is 16.5. The fourth-order valence-corrected chi connectivity index (χ4v) is 2.56. The van der Waals surface area contributed by atoms with E-state index >= 15 is 0 Å². The van der Waals surface area contributed by atoms with Gasteiger partial charge in [0.15, 0.2) is 0 Å². The number of nitrogens with two attached hydrogens (primary N) is 2. The number of ether oxygens (including phenoxy) is 2. The van der Waals surface area contributed by atoms with Gasteiger partial charge in [-0.15, -0.1) is 0 Å². The monoisotopic (exact) mass is 372 g/mol. The van der Waals surface area contributed by atoms with Crippen molar-refractivity contribution in [2.45, 2.75) is 13.8 Å². The molecule has 0 aliphatic heterocycles. The lowest BCUT2D eigenvalue weighted by Gasteiger charge is -2.14. The molecule has 0 fully saturated rings. The summed E-state index contributed by atoms with van der Waals surface area (Å²) in [7, 11) is 2.97. The maximum absolute atomic E-state index is 9.62. The van der Waals surface area contributed by atoms with Crippen LogP contribution in [0.3, 0.4) is 0 Å². The Hall–Kier alpha value is -3.55. The Labute approximate surface area is 157 Å². The number of aliphatic imine (C=N–C) groups is 1. The summed E-state index contributed by atoms with van der Waals surface area (Å²) in [6.45, 7) is 3.64. The molecular formula is C19H24N4O4. The van der Waals surface area contributed by atoms with Crippen molar-refractivity contribution in [3.05, 3.63) is 36.0 Å². The Morgan fingerprint density at radius 2 is 1.52 bits per heavy atom. The van der Waals surface area contributed by atoms with Crippen molar-refractivity contribution in [2.24, 2.45) is 4.99 Å². The average molecular weight is 372 g/mol. The van der Waals surface area contributed by atoms with Crippen LogP contribution in [-0.4, -0.2) is 30.1 Å². The average Bonchev–Trinajstić information content (AvgIpc) is 2.58. The largest absolute Gasteiger partial charge is 0.508 e. The van der Waals surface area contributed by atoms with E-state index in [0.717, 1.165) is 5.70 Å². The van der Waals surface area contributed by atoms with Gasteiger partial charge < -0.3 is 36.5 Å². The zero-order chi connectivity index (χ0) is 20.1. The van der Waals surface area contributed by atoms with E-state index in [1.807, 2.05) is 6.92 Å². The third kappa shape index (κ3) is 4.75. The molecule has 0 heterocycles. The second-order valence-electron chi connectivity index (χ2n) is 5.90. The van der Waals surface area contributed by atoms with Crippen LogP contribution in [0.25, 0.3) is 0 Å². The van der Waals surface area contributed by atoms with Crippen molar-refractivity contribution < 1.29 is 19.7 Å². The van der Waals surface area contributed by atoms with Gasteiger partial charge in [-0.05, 0) is 19.9 Å². The van der Waals surface area contributed by atoms with E-state index in [2.05, 4.69) is 10.3 Å². The SMILES string of the molecule is COc1cc(O)cc(N)c1/N=C(C)/C=C(/C)Nc1c(N)cc(O)cc1OC. The molecule has 0 bridgehead atoms. The summed E-state index contributed by atoms with van der Waals surface area (Å²) in [6, 6.07) is 5.75. The maximum atomic E-state index is 9.62. The number of hydrogen-bond donors (Lipinski definition) is 5. The number of aromatic hydroxyl groups is 2. The molecule has 0 spiro atoms. The third-order valence-corrected chi connectivity index (χ3v) is 3.68. The number of phenolic OH excluding ortho intramolecular Hbond substituents is 2. The summed E-state index contributed by atoms with van der Waals surface area (Å²) >= 11 is 0. The Morgan fingerprint density at radius 3 is 2.11 bits per heavy atom. The molecule has 0 saturated carbocycles. The van der Waals surface area contributed by atoms with Crippen LogP contribution in [0, 0.1) is 0 Å². The second-order valence-corrected chi connectivity index (χ2v) is 5.90. The van der Waals surface area contributed by atoms with E-state index in [-0.39, 0.29) is 11.5 Å². The lowest BCUT2D eigenvalue weighted by molar-refractivity contribution is 0.409. The molecular weight excluding hydrogens is 348 g/mol. The van der Waals surface area contributed by atoms with E-state index in [1.54, 1.807) is 13.0 Å². The molecule has 144 valence electrons. The number of methoxy groups -OCH3 is 2. The summed E-state index contributed by atoms with van der Waals surface area (Å²) < 4.78 is 10.5. The fourth-order valence-electron chi connectivity index (χ4n) is 2.56. The first-order valence-corrected chi connectivity index (χ1v) is 8.08. The predicted octanol–water partition coefficient (Wildman–Crippen LogP) is 3.39. The quantitative estimate of drug-likeness (QED) is 0.298. The van der Waals surface area contributed by atoms with Crippen LogP contribution in [0.1, 0.15) is 13.8 Å². The number of benzene rings is 2. The van der Waals surface area contributed by atoms with Crippen molar-refractivity contribution in [3.8, 4) is 23.0 Å². The number of nitrogen functional groups attached to an aromatic ring is 2. The zero-order valence-corrected chi connectivity index (χ0v) is 15.7. The number of hydrogen-bond acceptors (Lipinski definition) is 8. The Kier molecular flexibility index (Phi) is 6.02. The van der Waals surface area contributed by atoms with Gasteiger partial charge in [0.2, 0.25) is 0 Å². The van der Waals surface area contributed by atoms with Gasteiger partial charge in [-0.25, -0.2) is 4.99 Å². The van der Waals surface area contributed by atoms with Crippen LogP contribution in [0.4, 0.5) is 22.7 Å². The summed E-state index contributed by atoms with van der Waals surface area (Å²) in [6.07, 6.45) is 1.79. The van der Waals surface area contributed by atoms with Gasteiger partial charge in [-0.2, -0.15) is 0 Å². The smallest absolute Gasteiger partial charge is 0.150 e. The number of nitrogens with zero attached hydrogens (tertiary/aromatic N) is 1. The van der Waals surface area contributed by atoms with Crippen molar-refractivity contribution in [3.63, 3.8) is 0 Å². The van der Waals surface area contributed by atoms with Crippen LogP contribution >= 0.6 is 0 Å². The minimum absolute atomic E-state index is 0.00393. The van der Waals surface area contributed by atoms with Gasteiger partial charge in [0.25, 0.3) is 0 Å². The van der Waals surface area contributed by atoms with Crippen LogP contribution in [0.2, 0.25) is 0 Å². The number of allylic oxidation sites excluding steroid dienone is 2. The normalized spacial score (nSPS) is 12.0. The standard InChI is InChI=1S/C19H24N4O4/c1-10(22-18-14(20)6-12(24)8-16(18)26-3)5-11(2)23-19-15(21)7-13(25)9-17(19)27-4/h5-9,22,24-25H,20-21H2,1-4H3/b10-5-,23-11+. The van der Waals surface area contributed by atoms with E-state index in [1.165, 1.54) is 38.5 Å². The lowest BCUT2D eigenvalue weighted by Crippen LogP contribution is -2.04.